The fraction of sp³-hybridized carbons (Fsp3) is 0.929. The molecule has 0 rings (SSSR count). The lowest BCUT2D eigenvalue weighted by Gasteiger charge is -2.24. The van der Waals surface area contributed by atoms with E-state index in [1.165, 1.54) is 84.0 Å². The van der Waals surface area contributed by atoms with Gasteiger partial charge >= 0.3 is 19.8 Å². The standard InChI is InChI=1S/C28H56NO8P/c1-6-7-8-9-10-11-12-13-14-15-16-17-18-19-20-21-28(31)34-24-27(37-26(2)30)25-36-38(32,33)35-23-22-29(3,4)5/h27H,6-25H2,1-5H3/p+1. The van der Waals surface area contributed by atoms with Gasteiger partial charge in [0.05, 0.1) is 27.7 Å². The van der Waals surface area contributed by atoms with Crippen LogP contribution in [0.4, 0.5) is 0 Å². The Hall–Kier alpha value is -0.990. The zero-order valence-electron chi connectivity index (χ0n) is 24.9. The molecule has 2 unspecified atom stereocenters. The first-order valence-corrected chi connectivity index (χ1v) is 16.2. The van der Waals surface area contributed by atoms with Gasteiger partial charge in [0.15, 0.2) is 6.10 Å². The van der Waals surface area contributed by atoms with E-state index < -0.39 is 26.5 Å². The second-order valence-electron chi connectivity index (χ2n) is 11.2. The van der Waals surface area contributed by atoms with E-state index in [1.54, 1.807) is 0 Å². The van der Waals surface area contributed by atoms with Crippen molar-refractivity contribution in [1.82, 2.24) is 0 Å². The molecule has 0 aromatic carbocycles. The van der Waals surface area contributed by atoms with Crippen molar-refractivity contribution in [3.63, 3.8) is 0 Å². The van der Waals surface area contributed by atoms with E-state index in [0.717, 1.165) is 19.3 Å². The summed E-state index contributed by atoms with van der Waals surface area (Å²) in [5, 5.41) is 0. The molecule has 0 saturated carbocycles. The van der Waals surface area contributed by atoms with E-state index in [4.69, 9.17) is 18.5 Å². The van der Waals surface area contributed by atoms with Crippen molar-refractivity contribution >= 4 is 19.8 Å². The number of quaternary nitrogens is 1. The minimum absolute atomic E-state index is 0.0315. The maximum absolute atomic E-state index is 12.1. The van der Waals surface area contributed by atoms with Crippen LogP contribution in [0.1, 0.15) is 117 Å². The molecular formula is C28H57NO8P+. The smallest absolute Gasteiger partial charge is 0.462 e. The van der Waals surface area contributed by atoms with E-state index in [0.29, 0.717) is 17.4 Å². The van der Waals surface area contributed by atoms with Crippen LogP contribution in [0, 0.1) is 0 Å². The van der Waals surface area contributed by atoms with Crippen LogP contribution in [0.25, 0.3) is 0 Å². The molecule has 0 aromatic rings. The Balaban J connectivity index is 3.87. The van der Waals surface area contributed by atoms with Crippen LogP contribution in [0.5, 0.6) is 0 Å². The molecule has 2 atom stereocenters. The molecule has 0 spiro atoms. The molecule has 9 nitrogen and oxygen atoms in total. The lowest BCUT2D eigenvalue weighted by Crippen LogP contribution is -2.37. The van der Waals surface area contributed by atoms with Crippen molar-refractivity contribution < 1.29 is 42.1 Å². The van der Waals surface area contributed by atoms with Crippen LogP contribution in [0.3, 0.4) is 0 Å². The van der Waals surface area contributed by atoms with Gasteiger partial charge < -0.3 is 18.9 Å². The van der Waals surface area contributed by atoms with Crippen molar-refractivity contribution in [2.24, 2.45) is 0 Å². The second-order valence-corrected chi connectivity index (χ2v) is 12.7. The van der Waals surface area contributed by atoms with Crippen LogP contribution in [0.2, 0.25) is 0 Å². The Labute approximate surface area is 232 Å². The summed E-state index contributed by atoms with van der Waals surface area (Å²) in [6.45, 7) is 3.35. The third kappa shape index (κ3) is 26.6. The summed E-state index contributed by atoms with van der Waals surface area (Å²) in [5.74, 6) is -0.987. The predicted molar refractivity (Wildman–Crippen MR) is 151 cm³/mol. The number of carbonyl (C=O) groups excluding carboxylic acids is 2. The Bertz CT molecular complexity index is 653. The van der Waals surface area contributed by atoms with Crippen molar-refractivity contribution in [2.75, 3.05) is 47.5 Å². The molecule has 0 amide bonds. The number of phosphoric acid groups is 1. The van der Waals surface area contributed by atoms with Crippen LogP contribution in [-0.4, -0.2) is 74.9 Å². The summed E-state index contributed by atoms with van der Waals surface area (Å²) in [5.41, 5.74) is 0. The van der Waals surface area contributed by atoms with Crippen LogP contribution < -0.4 is 0 Å². The first kappa shape index (κ1) is 37.0. The number of ether oxygens (including phenoxy) is 2. The number of phosphoric ester groups is 1. The van der Waals surface area contributed by atoms with E-state index in [9.17, 15) is 19.0 Å². The minimum atomic E-state index is -4.31. The highest BCUT2D eigenvalue weighted by Gasteiger charge is 2.26. The highest BCUT2D eigenvalue weighted by atomic mass is 31.2. The molecule has 0 bridgehead atoms. The summed E-state index contributed by atoms with van der Waals surface area (Å²) in [6, 6.07) is 0. The van der Waals surface area contributed by atoms with Crippen LogP contribution in [-0.2, 0) is 32.7 Å². The number of rotatable bonds is 26. The second kappa shape index (κ2) is 22.8. The Morgan fingerprint density at radius 2 is 1.24 bits per heavy atom. The van der Waals surface area contributed by atoms with Gasteiger partial charge in [0.2, 0.25) is 0 Å². The fourth-order valence-electron chi connectivity index (χ4n) is 3.89. The quantitative estimate of drug-likeness (QED) is 0.0543. The number of likely N-dealkylation sites (N-methyl/N-ethyl adjacent to an activating group) is 1. The number of nitrogens with zero attached hydrogens (tertiary/aromatic N) is 1. The van der Waals surface area contributed by atoms with Crippen molar-refractivity contribution in [1.29, 1.82) is 0 Å². The SMILES string of the molecule is CCCCCCCCCCCCCCCCCC(=O)OCC(COP(=O)(O)OCC[N+](C)(C)C)OC(C)=O. The molecule has 38 heavy (non-hydrogen) atoms. The summed E-state index contributed by atoms with van der Waals surface area (Å²) in [4.78, 5) is 33.3. The molecule has 0 aliphatic carbocycles. The molecular weight excluding hydrogens is 509 g/mol. The van der Waals surface area contributed by atoms with Gasteiger partial charge in [-0.2, -0.15) is 0 Å². The normalized spacial score (nSPS) is 14.2. The molecule has 0 aliphatic rings. The molecule has 0 radical (unpaired) electrons. The van der Waals surface area contributed by atoms with Crippen LogP contribution >= 0.6 is 7.82 Å². The highest BCUT2D eigenvalue weighted by Crippen LogP contribution is 2.43. The number of esters is 2. The molecule has 0 aliphatic heterocycles. The zero-order valence-corrected chi connectivity index (χ0v) is 25.8. The average Bonchev–Trinajstić information content (AvgIpc) is 2.82. The molecule has 226 valence electrons. The Kier molecular flexibility index (Phi) is 22.2. The molecule has 1 N–H and O–H groups in total. The maximum atomic E-state index is 12.1. The summed E-state index contributed by atoms with van der Waals surface area (Å²) in [7, 11) is 1.47. The molecule has 0 aromatic heterocycles. The van der Waals surface area contributed by atoms with E-state index in [-0.39, 0.29) is 19.2 Å². The molecule has 10 heteroatoms. The minimum Gasteiger partial charge on any atom is -0.462 e. The zero-order chi connectivity index (χ0) is 28.7. The third-order valence-corrected chi connectivity index (χ3v) is 7.17. The lowest BCUT2D eigenvalue weighted by atomic mass is 10.0. The van der Waals surface area contributed by atoms with Gasteiger partial charge in [0.25, 0.3) is 0 Å². The predicted octanol–water partition coefficient (Wildman–Crippen LogP) is 6.56. The summed E-state index contributed by atoms with van der Waals surface area (Å²) < 4.78 is 32.8. The number of carbonyl (C=O) groups is 2. The van der Waals surface area contributed by atoms with E-state index in [1.807, 2.05) is 21.1 Å². The monoisotopic (exact) mass is 566 g/mol. The largest absolute Gasteiger partial charge is 0.472 e. The Morgan fingerprint density at radius 1 is 0.763 bits per heavy atom. The maximum Gasteiger partial charge on any atom is 0.472 e. The van der Waals surface area contributed by atoms with Gasteiger partial charge in [-0.1, -0.05) is 96.8 Å². The average molecular weight is 567 g/mol. The van der Waals surface area contributed by atoms with Gasteiger partial charge in [0.1, 0.15) is 19.8 Å². The van der Waals surface area contributed by atoms with Gasteiger partial charge in [-0.05, 0) is 6.42 Å². The van der Waals surface area contributed by atoms with Gasteiger partial charge in [-0.15, -0.1) is 0 Å². The first-order chi connectivity index (χ1) is 17.9. The van der Waals surface area contributed by atoms with Crippen molar-refractivity contribution in [2.45, 2.75) is 123 Å². The first-order valence-electron chi connectivity index (χ1n) is 14.7. The topological polar surface area (TPSA) is 108 Å². The van der Waals surface area contributed by atoms with E-state index in [2.05, 4.69) is 6.92 Å². The summed E-state index contributed by atoms with van der Waals surface area (Å²) in [6.07, 6.45) is 18.1. The number of unbranched alkanes of at least 4 members (excludes halogenated alkanes) is 14. The van der Waals surface area contributed by atoms with Gasteiger partial charge in [-0.3, -0.25) is 18.6 Å². The van der Waals surface area contributed by atoms with Crippen molar-refractivity contribution in [3.8, 4) is 0 Å². The highest BCUT2D eigenvalue weighted by molar-refractivity contribution is 7.47. The Morgan fingerprint density at radius 3 is 1.68 bits per heavy atom. The van der Waals surface area contributed by atoms with Gasteiger partial charge in [-0.25, -0.2) is 4.57 Å². The summed E-state index contributed by atoms with van der Waals surface area (Å²) >= 11 is 0. The van der Waals surface area contributed by atoms with Crippen LogP contribution in [0.15, 0.2) is 0 Å². The lowest BCUT2D eigenvalue weighted by molar-refractivity contribution is -0.870. The van der Waals surface area contributed by atoms with Gasteiger partial charge in [0, 0.05) is 13.3 Å². The van der Waals surface area contributed by atoms with Crippen molar-refractivity contribution in [3.05, 3.63) is 0 Å². The molecule has 0 saturated heterocycles. The molecule has 0 heterocycles. The number of hydrogen-bond acceptors (Lipinski definition) is 7. The molecule has 0 fully saturated rings. The fourth-order valence-corrected chi connectivity index (χ4v) is 4.64. The van der Waals surface area contributed by atoms with E-state index >= 15 is 0 Å². The third-order valence-electron chi connectivity index (χ3n) is 6.19. The number of hydrogen-bond donors (Lipinski definition) is 1.